The minimum absolute atomic E-state index is 0.0715. The molecule has 1 aliphatic heterocycles. The number of piperidine rings is 1. The molecule has 0 N–H and O–H groups in total. The first kappa shape index (κ1) is 21.8. The summed E-state index contributed by atoms with van der Waals surface area (Å²) < 4.78 is 11.8. The zero-order valence-electron chi connectivity index (χ0n) is 18.5. The van der Waals surface area contributed by atoms with Crippen LogP contribution in [0.4, 0.5) is 0 Å². The minimum atomic E-state index is 0.0715. The fourth-order valence-electron chi connectivity index (χ4n) is 3.51. The van der Waals surface area contributed by atoms with E-state index in [9.17, 15) is 4.79 Å². The van der Waals surface area contributed by atoms with Gasteiger partial charge in [-0.25, -0.2) is 0 Å². The van der Waals surface area contributed by atoms with Crippen LogP contribution >= 0.6 is 0 Å². The third-order valence-electron chi connectivity index (χ3n) is 4.69. The van der Waals surface area contributed by atoms with Gasteiger partial charge >= 0.3 is 0 Å². The third kappa shape index (κ3) is 5.61. The molecule has 0 amide bonds. The van der Waals surface area contributed by atoms with Crippen molar-refractivity contribution in [3.63, 3.8) is 0 Å². The van der Waals surface area contributed by atoms with Gasteiger partial charge in [0.25, 0.3) is 0 Å². The van der Waals surface area contributed by atoms with Gasteiger partial charge in [-0.1, -0.05) is 36.4 Å². The predicted octanol–water partition coefficient (Wildman–Crippen LogP) is 5.24. The van der Waals surface area contributed by atoms with Crippen molar-refractivity contribution < 1.29 is 14.3 Å². The highest BCUT2D eigenvalue weighted by atomic mass is 16.5. The predicted molar refractivity (Wildman–Crippen MR) is 123 cm³/mol. The summed E-state index contributed by atoms with van der Waals surface area (Å²) in [5, 5.41) is 0. The Labute approximate surface area is 179 Å². The third-order valence-corrected chi connectivity index (χ3v) is 4.69. The van der Waals surface area contributed by atoms with Crippen LogP contribution in [0.25, 0.3) is 12.2 Å². The molecule has 0 bridgehead atoms. The maximum Gasteiger partial charge on any atom is 0.187 e. The fraction of sp³-hybridized carbons (Fsp3) is 0.346. The van der Waals surface area contributed by atoms with Gasteiger partial charge in [-0.05, 0) is 59.0 Å². The van der Waals surface area contributed by atoms with Crippen molar-refractivity contribution in [1.29, 1.82) is 0 Å². The van der Waals surface area contributed by atoms with Gasteiger partial charge in [-0.2, -0.15) is 0 Å². The lowest BCUT2D eigenvalue weighted by Gasteiger charge is -2.26. The molecule has 2 aromatic rings. The van der Waals surface area contributed by atoms with Crippen LogP contribution in [-0.2, 0) is 4.79 Å². The second kappa shape index (κ2) is 9.77. The number of likely N-dealkylation sites (tertiary alicyclic amines) is 1. The van der Waals surface area contributed by atoms with Crippen molar-refractivity contribution in [2.24, 2.45) is 0 Å². The van der Waals surface area contributed by atoms with E-state index < -0.39 is 0 Å². The lowest BCUT2D eigenvalue weighted by atomic mass is 9.94. The Hall–Kier alpha value is -2.85. The largest absolute Gasteiger partial charge is 0.490 e. The van der Waals surface area contributed by atoms with Crippen molar-refractivity contribution in [1.82, 2.24) is 4.90 Å². The first-order valence-corrected chi connectivity index (χ1v) is 10.5. The molecule has 0 unspecified atom stereocenters. The average Bonchev–Trinajstić information content (AvgIpc) is 2.67. The molecule has 0 aliphatic carbocycles. The monoisotopic (exact) mass is 405 g/mol. The van der Waals surface area contributed by atoms with Gasteiger partial charge in [0.05, 0.1) is 12.2 Å². The lowest BCUT2D eigenvalue weighted by molar-refractivity contribution is -0.113. The molecule has 1 fully saturated rings. The molecule has 0 aromatic heterocycles. The molecule has 0 radical (unpaired) electrons. The van der Waals surface area contributed by atoms with Gasteiger partial charge in [-0.15, -0.1) is 0 Å². The van der Waals surface area contributed by atoms with E-state index in [1.807, 2.05) is 95.4 Å². The van der Waals surface area contributed by atoms with Gasteiger partial charge in [0.15, 0.2) is 5.78 Å². The van der Waals surface area contributed by atoms with E-state index in [2.05, 4.69) is 4.90 Å². The number of nitrogens with zero attached hydrogens (tertiary/aromatic N) is 1. The summed E-state index contributed by atoms with van der Waals surface area (Å²) in [5.74, 6) is 1.66. The van der Waals surface area contributed by atoms with Crippen molar-refractivity contribution in [2.45, 2.75) is 39.9 Å². The number of para-hydroxylation sites is 2. The number of ether oxygens (including phenoxy) is 2. The van der Waals surface area contributed by atoms with Crippen molar-refractivity contribution in [3.05, 3.63) is 70.8 Å². The molecule has 4 nitrogen and oxygen atoms in total. The molecule has 1 aliphatic rings. The minimum Gasteiger partial charge on any atom is -0.490 e. The molecule has 2 aromatic carbocycles. The SMILES string of the molecule is CC(C)Oc1ccccc1/C=C1\CN(C)C/C(=C\c2ccccc2OC(C)C)C1=O. The van der Waals surface area contributed by atoms with Gasteiger partial charge in [0, 0.05) is 35.4 Å². The first-order chi connectivity index (χ1) is 14.3. The standard InChI is InChI=1S/C26H31NO3/c1-18(2)29-24-12-8-6-10-20(24)14-22-16-27(5)17-23(26(22)28)15-21-11-7-9-13-25(21)30-19(3)4/h6-15,18-19H,16-17H2,1-5H3/b22-14+,23-15+. The summed E-state index contributed by atoms with van der Waals surface area (Å²) in [7, 11) is 2.03. The zero-order chi connectivity index (χ0) is 21.7. The quantitative estimate of drug-likeness (QED) is 0.616. The number of hydrogen-bond donors (Lipinski definition) is 0. The highest BCUT2D eigenvalue weighted by Gasteiger charge is 2.24. The van der Waals surface area contributed by atoms with Crippen LogP contribution < -0.4 is 9.47 Å². The molecule has 1 heterocycles. The smallest absolute Gasteiger partial charge is 0.187 e. The Morgan fingerprint density at radius 1 is 0.767 bits per heavy atom. The summed E-state index contributed by atoms with van der Waals surface area (Å²) >= 11 is 0. The molecule has 4 heteroatoms. The van der Waals surface area contributed by atoms with Gasteiger partial charge in [0.1, 0.15) is 11.5 Å². The Bertz CT molecular complexity index is 881. The van der Waals surface area contributed by atoms with E-state index in [-0.39, 0.29) is 18.0 Å². The molecular weight excluding hydrogens is 374 g/mol. The first-order valence-electron chi connectivity index (χ1n) is 10.5. The Morgan fingerprint density at radius 3 is 1.57 bits per heavy atom. The summed E-state index contributed by atoms with van der Waals surface area (Å²) in [6, 6.07) is 15.7. The second-order valence-electron chi connectivity index (χ2n) is 8.25. The zero-order valence-corrected chi connectivity index (χ0v) is 18.5. The van der Waals surface area contributed by atoms with E-state index in [4.69, 9.17) is 9.47 Å². The van der Waals surface area contributed by atoms with Crippen molar-refractivity contribution in [3.8, 4) is 11.5 Å². The lowest BCUT2D eigenvalue weighted by Crippen LogP contribution is -2.34. The number of benzene rings is 2. The molecule has 3 rings (SSSR count). The fourth-order valence-corrected chi connectivity index (χ4v) is 3.51. The van der Waals surface area contributed by atoms with Gasteiger partial charge in [0.2, 0.25) is 0 Å². The Morgan fingerprint density at radius 2 is 1.17 bits per heavy atom. The van der Waals surface area contributed by atoms with Crippen LogP contribution in [0.3, 0.4) is 0 Å². The van der Waals surface area contributed by atoms with Gasteiger partial charge < -0.3 is 9.47 Å². The maximum atomic E-state index is 13.3. The molecule has 0 spiro atoms. The van der Waals surface area contributed by atoms with Crippen molar-refractivity contribution >= 4 is 17.9 Å². The number of ketones is 1. The number of likely N-dealkylation sites (N-methyl/N-ethyl adjacent to an activating group) is 1. The van der Waals surface area contributed by atoms with Crippen LogP contribution in [0, 0.1) is 0 Å². The summed E-state index contributed by atoms with van der Waals surface area (Å²) in [4.78, 5) is 15.5. The number of carbonyl (C=O) groups excluding carboxylic acids is 1. The molecule has 0 saturated carbocycles. The number of carbonyl (C=O) groups is 1. The summed E-state index contributed by atoms with van der Waals surface area (Å²) in [5.41, 5.74) is 3.37. The van der Waals surface area contributed by atoms with E-state index >= 15 is 0 Å². The summed E-state index contributed by atoms with van der Waals surface area (Å²) in [6.07, 6.45) is 4.06. The molecular formula is C26H31NO3. The molecule has 0 atom stereocenters. The van der Waals surface area contributed by atoms with Crippen LogP contribution in [0.15, 0.2) is 59.7 Å². The molecule has 30 heavy (non-hydrogen) atoms. The molecule has 158 valence electrons. The van der Waals surface area contributed by atoms with Crippen LogP contribution in [0.5, 0.6) is 11.5 Å². The summed E-state index contributed by atoms with van der Waals surface area (Å²) in [6.45, 7) is 9.22. The Balaban J connectivity index is 1.95. The maximum absolute atomic E-state index is 13.3. The second-order valence-corrected chi connectivity index (χ2v) is 8.25. The van der Waals surface area contributed by atoms with Crippen molar-refractivity contribution in [2.75, 3.05) is 20.1 Å². The molecule has 1 saturated heterocycles. The van der Waals surface area contributed by atoms with E-state index in [1.165, 1.54) is 0 Å². The highest BCUT2D eigenvalue weighted by molar-refractivity contribution is 6.14. The van der Waals surface area contributed by atoms with Gasteiger partial charge in [-0.3, -0.25) is 9.69 Å². The normalized spacial score (nSPS) is 17.9. The van der Waals surface area contributed by atoms with E-state index in [1.54, 1.807) is 0 Å². The highest BCUT2D eigenvalue weighted by Crippen LogP contribution is 2.28. The van der Waals surface area contributed by atoms with E-state index in [0.29, 0.717) is 13.1 Å². The van der Waals surface area contributed by atoms with Crippen LogP contribution in [-0.4, -0.2) is 43.0 Å². The topological polar surface area (TPSA) is 38.8 Å². The average molecular weight is 406 g/mol. The number of Topliss-reactive ketones (excluding diaryl/α,β-unsaturated/α-hetero) is 1. The van der Waals surface area contributed by atoms with Crippen LogP contribution in [0.1, 0.15) is 38.8 Å². The number of rotatable bonds is 6. The van der Waals surface area contributed by atoms with E-state index in [0.717, 1.165) is 33.8 Å². The van der Waals surface area contributed by atoms with Crippen LogP contribution in [0.2, 0.25) is 0 Å². The number of hydrogen-bond acceptors (Lipinski definition) is 4. The Kier molecular flexibility index (Phi) is 7.11.